The molecule has 0 saturated carbocycles. The van der Waals surface area contributed by atoms with Gasteiger partial charge in [-0.25, -0.2) is 0 Å². The second-order valence-corrected chi connectivity index (χ2v) is 7.21. The number of phenolic OH excluding ortho intramolecular Hbond substituents is 1. The number of aliphatic carboxylic acids is 2. The van der Waals surface area contributed by atoms with Gasteiger partial charge < -0.3 is 15.3 Å². The summed E-state index contributed by atoms with van der Waals surface area (Å²) in [6.45, 7) is 0. The van der Waals surface area contributed by atoms with Crippen LogP contribution in [0.25, 0.3) is 12.2 Å². The minimum Gasteiger partial charge on any atom is -0.508 e. The molecule has 3 N–H and O–H groups in total. The zero-order chi connectivity index (χ0) is 21.1. The average molecular weight is 396 g/mol. The number of phenols is 1. The highest BCUT2D eigenvalue weighted by Crippen LogP contribution is 2.19. The lowest BCUT2D eigenvalue weighted by atomic mass is 9.97. The number of unbranched alkanes of at least 4 members (excludes halogenated alkanes) is 2. The van der Waals surface area contributed by atoms with Gasteiger partial charge in [-0.2, -0.15) is 0 Å². The lowest BCUT2D eigenvalue weighted by Crippen LogP contribution is -1.97. The number of hydrogen-bond acceptors (Lipinski definition) is 3. The first-order valence-corrected chi connectivity index (χ1v) is 9.96. The van der Waals surface area contributed by atoms with Crippen molar-refractivity contribution in [2.24, 2.45) is 0 Å². The van der Waals surface area contributed by atoms with Crippen LogP contribution in [0.1, 0.15) is 60.8 Å². The average Bonchev–Trinajstić information content (AvgIpc) is 2.68. The standard InChI is InChI=1S/C24H28O5/c25-22-13-11-18(12-14-22)9-10-21-16-19(5-1-3-7-23(26)27)15-20(17-21)6-2-4-8-24(28)29/h9-17,25H,1-8H2,(H,26,27)(H,28,29). The second kappa shape index (κ2) is 11.7. The molecule has 0 fully saturated rings. The van der Waals surface area contributed by atoms with Crippen molar-refractivity contribution in [3.8, 4) is 5.75 Å². The van der Waals surface area contributed by atoms with E-state index in [2.05, 4.69) is 18.2 Å². The monoisotopic (exact) mass is 396 g/mol. The van der Waals surface area contributed by atoms with Gasteiger partial charge in [0.15, 0.2) is 0 Å². The Kier molecular flexibility index (Phi) is 8.96. The third-order valence-corrected chi connectivity index (χ3v) is 4.65. The van der Waals surface area contributed by atoms with E-state index in [0.29, 0.717) is 12.8 Å². The van der Waals surface area contributed by atoms with Crippen LogP contribution in [-0.4, -0.2) is 27.3 Å². The fourth-order valence-corrected chi connectivity index (χ4v) is 3.16. The molecular formula is C24H28O5. The number of rotatable bonds is 12. The Hall–Kier alpha value is -3.08. The molecule has 0 spiro atoms. The molecule has 0 radical (unpaired) electrons. The molecular weight excluding hydrogens is 368 g/mol. The van der Waals surface area contributed by atoms with Crippen LogP contribution in [0, 0.1) is 0 Å². The second-order valence-electron chi connectivity index (χ2n) is 7.21. The molecule has 0 heterocycles. The van der Waals surface area contributed by atoms with Crippen molar-refractivity contribution < 1.29 is 24.9 Å². The van der Waals surface area contributed by atoms with E-state index in [-0.39, 0.29) is 18.6 Å². The number of carbonyl (C=O) groups is 2. The summed E-state index contributed by atoms with van der Waals surface area (Å²) < 4.78 is 0. The quantitative estimate of drug-likeness (QED) is 0.340. The van der Waals surface area contributed by atoms with Crippen molar-refractivity contribution in [3.63, 3.8) is 0 Å². The molecule has 2 aromatic carbocycles. The molecule has 0 unspecified atom stereocenters. The molecule has 154 valence electrons. The van der Waals surface area contributed by atoms with Gasteiger partial charge in [-0.3, -0.25) is 9.59 Å². The number of hydrogen-bond donors (Lipinski definition) is 3. The van der Waals surface area contributed by atoms with E-state index in [1.165, 1.54) is 0 Å². The molecule has 2 aromatic rings. The first-order chi connectivity index (χ1) is 13.9. The minimum absolute atomic E-state index is 0.183. The van der Waals surface area contributed by atoms with E-state index in [1.807, 2.05) is 24.3 Å². The maximum Gasteiger partial charge on any atom is 0.303 e. The Bertz CT molecular complexity index is 797. The van der Waals surface area contributed by atoms with Gasteiger partial charge in [0.25, 0.3) is 0 Å². The summed E-state index contributed by atoms with van der Waals surface area (Å²) in [5.41, 5.74) is 4.37. The maximum atomic E-state index is 10.7. The smallest absolute Gasteiger partial charge is 0.303 e. The van der Waals surface area contributed by atoms with Crippen LogP contribution in [0.4, 0.5) is 0 Å². The Morgan fingerprint density at radius 3 is 1.66 bits per heavy atom. The predicted octanol–water partition coefficient (Wildman–Crippen LogP) is 5.16. The van der Waals surface area contributed by atoms with Gasteiger partial charge in [0.2, 0.25) is 0 Å². The van der Waals surface area contributed by atoms with Crippen LogP contribution < -0.4 is 0 Å². The van der Waals surface area contributed by atoms with Gasteiger partial charge in [-0.1, -0.05) is 42.5 Å². The van der Waals surface area contributed by atoms with Crippen molar-refractivity contribution in [2.45, 2.75) is 51.4 Å². The van der Waals surface area contributed by atoms with E-state index < -0.39 is 11.9 Å². The molecule has 0 aliphatic heterocycles. The third kappa shape index (κ3) is 9.10. The Balaban J connectivity index is 2.08. The first kappa shape index (κ1) is 22.2. The van der Waals surface area contributed by atoms with Crippen LogP contribution in [-0.2, 0) is 22.4 Å². The molecule has 0 aliphatic rings. The van der Waals surface area contributed by atoms with E-state index >= 15 is 0 Å². The van der Waals surface area contributed by atoms with Crippen molar-refractivity contribution in [1.29, 1.82) is 0 Å². The molecule has 0 atom stereocenters. The number of aromatic hydroxyl groups is 1. The summed E-state index contributed by atoms with van der Waals surface area (Å²) in [7, 11) is 0. The van der Waals surface area contributed by atoms with Gasteiger partial charge in [-0.05, 0) is 72.9 Å². The van der Waals surface area contributed by atoms with Crippen molar-refractivity contribution in [2.75, 3.05) is 0 Å². The fraction of sp³-hybridized carbons (Fsp3) is 0.333. The van der Waals surface area contributed by atoms with Crippen LogP contribution >= 0.6 is 0 Å². The highest BCUT2D eigenvalue weighted by Gasteiger charge is 2.04. The van der Waals surface area contributed by atoms with Crippen molar-refractivity contribution >= 4 is 24.1 Å². The molecule has 0 aromatic heterocycles. The van der Waals surface area contributed by atoms with Crippen LogP contribution in [0.15, 0.2) is 42.5 Å². The number of benzene rings is 2. The van der Waals surface area contributed by atoms with Crippen LogP contribution in [0.5, 0.6) is 5.75 Å². The summed E-state index contributed by atoms with van der Waals surface area (Å²) in [6, 6.07) is 13.3. The third-order valence-electron chi connectivity index (χ3n) is 4.65. The molecule has 0 saturated heterocycles. The van der Waals surface area contributed by atoms with E-state index in [1.54, 1.807) is 12.1 Å². The topological polar surface area (TPSA) is 94.8 Å². The molecule has 0 bridgehead atoms. The highest BCUT2D eigenvalue weighted by atomic mass is 16.4. The zero-order valence-corrected chi connectivity index (χ0v) is 16.5. The highest BCUT2D eigenvalue weighted by molar-refractivity contribution is 5.70. The van der Waals surface area contributed by atoms with Crippen LogP contribution in [0.3, 0.4) is 0 Å². The Morgan fingerprint density at radius 1 is 0.690 bits per heavy atom. The lowest BCUT2D eigenvalue weighted by Gasteiger charge is -2.08. The van der Waals surface area contributed by atoms with Gasteiger partial charge in [0.1, 0.15) is 5.75 Å². The number of carboxylic acid groups (broad SMARTS) is 2. The molecule has 29 heavy (non-hydrogen) atoms. The van der Waals surface area contributed by atoms with Gasteiger partial charge in [-0.15, -0.1) is 0 Å². The molecule has 5 heteroatoms. The zero-order valence-electron chi connectivity index (χ0n) is 16.5. The molecule has 0 amide bonds. The summed E-state index contributed by atoms with van der Waals surface area (Å²) in [5, 5.41) is 27.0. The SMILES string of the molecule is O=C(O)CCCCc1cc(C=Cc2ccc(O)cc2)cc(CCCCC(=O)O)c1. The fourth-order valence-electron chi connectivity index (χ4n) is 3.16. The largest absolute Gasteiger partial charge is 0.508 e. The summed E-state index contributed by atoms with van der Waals surface area (Å²) in [5.74, 6) is -1.31. The van der Waals surface area contributed by atoms with Crippen LogP contribution in [0.2, 0.25) is 0 Å². The molecule has 5 nitrogen and oxygen atoms in total. The van der Waals surface area contributed by atoms with Gasteiger partial charge in [0, 0.05) is 12.8 Å². The van der Waals surface area contributed by atoms with Crippen molar-refractivity contribution in [3.05, 3.63) is 64.7 Å². The summed E-state index contributed by atoms with van der Waals surface area (Å²) in [6.07, 6.45) is 8.93. The summed E-state index contributed by atoms with van der Waals surface area (Å²) in [4.78, 5) is 21.4. The van der Waals surface area contributed by atoms with E-state index in [4.69, 9.17) is 10.2 Å². The van der Waals surface area contributed by atoms with E-state index in [9.17, 15) is 14.7 Å². The lowest BCUT2D eigenvalue weighted by molar-refractivity contribution is -0.138. The Labute approximate surface area is 171 Å². The number of carboxylic acids is 2. The normalized spacial score (nSPS) is 11.0. The van der Waals surface area contributed by atoms with Gasteiger partial charge >= 0.3 is 11.9 Å². The minimum atomic E-state index is -0.769. The predicted molar refractivity (Wildman–Crippen MR) is 114 cm³/mol. The van der Waals surface area contributed by atoms with Crippen molar-refractivity contribution in [1.82, 2.24) is 0 Å². The van der Waals surface area contributed by atoms with Gasteiger partial charge in [0.05, 0.1) is 0 Å². The Morgan fingerprint density at radius 2 is 1.17 bits per heavy atom. The van der Waals surface area contributed by atoms with E-state index in [0.717, 1.165) is 47.9 Å². The summed E-state index contributed by atoms with van der Waals surface area (Å²) >= 11 is 0. The molecule has 2 rings (SSSR count). The first-order valence-electron chi connectivity index (χ1n) is 9.96. The molecule has 0 aliphatic carbocycles. The number of aryl methyl sites for hydroxylation is 2. The maximum absolute atomic E-state index is 10.7.